The van der Waals surface area contributed by atoms with E-state index in [4.69, 9.17) is 11.2 Å². The van der Waals surface area contributed by atoms with Crippen molar-refractivity contribution in [1.29, 1.82) is 0 Å². The molecular weight excluding hydrogens is 337 g/mol. The van der Waals surface area contributed by atoms with E-state index in [1.165, 1.54) is 12.1 Å². The molecule has 3 nitrogen and oxygen atoms in total. The van der Waals surface area contributed by atoms with Crippen LogP contribution in [0.15, 0.2) is 46.9 Å². The molecule has 2 aromatic rings. The second kappa shape index (κ2) is 6.91. The number of carbonyl (C=O) groups is 1. The first-order valence-electron chi connectivity index (χ1n) is 6.03. The molecule has 0 aromatic heterocycles. The summed E-state index contributed by atoms with van der Waals surface area (Å²) in [4.78, 5) is 11.7. The highest BCUT2D eigenvalue weighted by atomic mass is 79.9. The van der Waals surface area contributed by atoms with E-state index in [9.17, 15) is 9.18 Å². The molecule has 0 saturated carbocycles. The zero-order valence-corrected chi connectivity index (χ0v) is 12.5. The van der Waals surface area contributed by atoms with Crippen LogP contribution in [0.3, 0.4) is 0 Å². The number of nitrogens with one attached hydrogen (secondary N) is 1. The summed E-state index contributed by atoms with van der Waals surface area (Å²) >= 11 is 3.14. The standard InChI is InChI=1S/C16H11BrFNO2/c1-2-13-14(18)8-12(17)9-15(13)19-16(20)21-10-11-6-4-3-5-7-11/h1,3-9H,10H2,(H,19,20). The van der Waals surface area contributed by atoms with Crippen LogP contribution in [0, 0.1) is 18.2 Å². The van der Waals surface area contributed by atoms with E-state index in [2.05, 4.69) is 27.2 Å². The molecule has 2 aromatic carbocycles. The van der Waals surface area contributed by atoms with Crippen LogP contribution in [0.2, 0.25) is 0 Å². The molecule has 0 saturated heterocycles. The number of ether oxygens (including phenoxy) is 1. The fourth-order valence-corrected chi connectivity index (χ4v) is 2.12. The van der Waals surface area contributed by atoms with Crippen LogP contribution in [0.1, 0.15) is 11.1 Å². The number of hydrogen-bond acceptors (Lipinski definition) is 2. The predicted molar refractivity (Wildman–Crippen MR) is 82.3 cm³/mol. The first kappa shape index (κ1) is 15.1. The molecule has 0 aliphatic carbocycles. The smallest absolute Gasteiger partial charge is 0.411 e. The van der Waals surface area contributed by atoms with Gasteiger partial charge < -0.3 is 4.74 Å². The molecule has 0 aliphatic heterocycles. The zero-order valence-electron chi connectivity index (χ0n) is 10.9. The van der Waals surface area contributed by atoms with E-state index >= 15 is 0 Å². The molecular formula is C16H11BrFNO2. The van der Waals surface area contributed by atoms with Crippen LogP contribution in [0.5, 0.6) is 0 Å². The van der Waals surface area contributed by atoms with E-state index in [0.29, 0.717) is 4.47 Å². The van der Waals surface area contributed by atoms with Crippen molar-refractivity contribution in [1.82, 2.24) is 0 Å². The lowest BCUT2D eigenvalue weighted by molar-refractivity contribution is 0.155. The fraction of sp³-hybridized carbons (Fsp3) is 0.0625. The fourth-order valence-electron chi connectivity index (χ4n) is 1.69. The Morgan fingerprint density at radius 3 is 2.71 bits per heavy atom. The van der Waals surface area contributed by atoms with Crippen LogP contribution in [0.25, 0.3) is 0 Å². The molecule has 0 bridgehead atoms. The van der Waals surface area contributed by atoms with Gasteiger partial charge in [0.1, 0.15) is 12.4 Å². The van der Waals surface area contributed by atoms with Crippen LogP contribution < -0.4 is 5.32 Å². The molecule has 0 radical (unpaired) electrons. The van der Waals surface area contributed by atoms with E-state index in [1.54, 1.807) is 0 Å². The van der Waals surface area contributed by atoms with Gasteiger partial charge in [0.2, 0.25) is 0 Å². The number of carbonyl (C=O) groups excluding carboxylic acids is 1. The summed E-state index contributed by atoms with van der Waals surface area (Å²) < 4.78 is 19.2. The monoisotopic (exact) mass is 347 g/mol. The van der Waals surface area contributed by atoms with Gasteiger partial charge in [0.15, 0.2) is 0 Å². The Balaban J connectivity index is 2.05. The summed E-state index contributed by atoms with van der Waals surface area (Å²) in [6.45, 7) is 0.120. The first-order chi connectivity index (χ1) is 10.1. The van der Waals surface area contributed by atoms with Crippen LogP contribution in [-0.4, -0.2) is 6.09 Å². The molecule has 0 spiro atoms. The largest absolute Gasteiger partial charge is 0.444 e. The van der Waals surface area contributed by atoms with Crippen LogP contribution >= 0.6 is 15.9 Å². The van der Waals surface area contributed by atoms with Gasteiger partial charge in [0.05, 0.1) is 11.3 Å². The molecule has 0 aliphatic rings. The topological polar surface area (TPSA) is 38.3 Å². The maximum atomic E-state index is 13.6. The Hall–Kier alpha value is -2.32. The van der Waals surface area contributed by atoms with Crippen molar-refractivity contribution in [2.75, 3.05) is 5.32 Å². The van der Waals surface area contributed by atoms with E-state index < -0.39 is 11.9 Å². The molecule has 0 unspecified atom stereocenters. The molecule has 0 heterocycles. The van der Waals surface area contributed by atoms with Crippen molar-refractivity contribution in [2.24, 2.45) is 0 Å². The second-order valence-corrected chi connectivity index (χ2v) is 5.06. The molecule has 5 heteroatoms. The molecule has 1 N–H and O–H groups in total. The zero-order chi connectivity index (χ0) is 15.2. The molecule has 21 heavy (non-hydrogen) atoms. The number of terminal acetylenes is 1. The van der Waals surface area contributed by atoms with Crippen molar-refractivity contribution in [3.05, 3.63) is 63.9 Å². The first-order valence-corrected chi connectivity index (χ1v) is 6.83. The van der Waals surface area contributed by atoms with Gasteiger partial charge in [0.25, 0.3) is 0 Å². The van der Waals surface area contributed by atoms with Gasteiger partial charge in [0, 0.05) is 4.47 Å². The van der Waals surface area contributed by atoms with Gasteiger partial charge in [-0.05, 0) is 17.7 Å². The van der Waals surface area contributed by atoms with Crippen molar-refractivity contribution in [2.45, 2.75) is 6.61 Å². The minimum Gasteiger partial charge on any atom is -0.444 e. The quantitative estimate of drug-likeness (QED) is 0.839. The maximum Gasteiger partial charge on any atom is 0.411 e. The Morgan fingerprint density at radius 2 is 2.05 bits per heavy atom. The van der Waals surface area contributed by atoms with Crippen molar-refractivity contribution >= 4 is 27.7 Å². The van der Waals surface area contributed by atoms with Crippen LogP contribution in [-0.2, 0) is 11.3 Å². The van der Waals surface area contributed by atoms with E-state index in [1.807, 2.05) is 30.3 Å². The van der Waals surface area contributed by atoms with Gasteiger partial charge in [-0.15, -0.1) is 6.42 Å². The number of benzene rings is 2. The number of anilines is 1. The van der Waals surface area contributed by atoms with E-state index in [0.717, 1.165) is 5.56 Å². The minimum absolute atomic E-state index is 0.0186. The SMILES string of the molecule is C#Cc1c(F)cc(Br)cc1NC(=O)OCc1ccccc1. The maximum absolute atomic E-state index is 13.6. The summed E-state index contributed by atoms with van der Waals surface area (Å²) in [6.07, 6.45) is 4.54. The molecule has 106 valence electrons. The Bertz CT molecular complexity index is 695. The lowest BCUT2D eigenvalue weighted by Crippen LogP contribution is -2.15. The average Bonchev–Trinajstić information content (AvgIpc) is 2.46. The summed E-state index contributed by atoms with van der Waals surface area (Å²) in [6, 6.07) is 12.0. The van der Waals surface area contributed by atoms with Gasteiger partial charge in [-0.3, -0.25) is 5.32 Å². The summed E-state index contributed by atoms with van der Waals surface area (Å²) in [7, 11) is 0. The summed E-state index contributed by atoms with van der Waals surface area (Å²) in [5.41, 5.74) is 1.02. The molecule has 1 amide bonds. The number of hydrogen-bond donors (Lipinski definition) is 1. The third-order valence-corrected chi connectivity index (χ3v) is 3.11. The van der Waals surface area contributed by atoms with Gasteiger partial charge in [-0.2, -0.15) is 0 Å². The number of halogens is 2. The third kappa shape index (κ3) is 4.07. The summed E-state index contributed by atoms with van der Waals surface area (Å²) in [5.74, 6) is 1.61. The normalized spacial score (nSPS) is 9.76. The second-order valence-electron chi connectivity index (χ2n) is 4.14. The highest BCUT2D eigenvalue weighted by Crippen LogP contribution is 2.24. The van der Waals surface area contributed by atoms with Crippen molar-refractivity contribution in [3.63, 3.8) is 0 Å². The summed E-state index contributed by atoms with van der Waals surface area (Å²) in [5, 5.41) is 2.44. The predicted octanol–water partition coefficient (Wildman–Crippen LogP) is 4.32. The molecule has 0 fully saturated rings. The Labute approximate surface area is 130 Å². The Kier molecular flexibility index (Phi) is 4.96. The van der Waals surface area contributed by atoms with E-state index in [-0.39, 0.29) is 17.9 Å². The Morgan fingerprint density at radius 1 is 1.33 bits per heavy atom. The highest BCUT2D eigenvalue weighted by molar-refractivity contribution is 9.10. The highest BCUT2D eigenvalue weighted by Gasteiger charge is 2.12. The lowest BCUT2D eigenvalue weighted by atomic mass is 10.2. The third-order valence-electron chi connectivity index (χ3n) is 2.65. The average molecular weight is 348 g/mol. The molecule has 0 atom stereocenters. The number of amides is 1. The molecule has 2 rings (SSSR count). The van der Waals surface area contributed by atoms with Gasteiger partial charge in [-0.1, -0.05) is 52.2 Å². The van der Waals surface area contributed by atoms with Crippen molar-refractivity contribution in [3.8, 4) is 12.3 Å². The van der Waals surface area contributed by atoms with Crippen LogP contribution in [0.4, 0.5) is 14.9 Å². The van der Waals surface area contributed by atoms with Gasteiger partial charge >= 0.3 is 6.09 Å². The minimum atomic E-state index is -0.701. The van der Waals surface area contributed by atoms with Crippen molar-refractivity contribution < 1.29 is 13.9 Å². The number of rotatable bonds is 3. The van der Waals surface area contributed by atoms with Gasteiger partial charge in [-0.25, -0.2) is 9.18 Å². The lowest BCUT2D eigenvalue weighted by Gasteiger charge is -2.10.